The van der Waals surface area contributed by atoms with E-state index < -0.39 is 0 Å². The summed E-state index contributed by atoms with van der Waals surface area (Å²) in [7, 11) is 0. The van der Waals surface area contributed by atoms with Crippen LogP contribution in [0.5, 0.6) is 5.75 Å². The zero-order valence-electron chi connectivity index (χ0n) is 16.7. The number of rotatable bonds is 8. The lowest BCUT2D eigenvalue weighted by atomic mass is 9.97. The number of pyridine rings is 1. The minimum Gasteiger partial charge on any atom is -0.489 e. The number of nitrogens with zero attached hydrogens (tertiary/aromatic N) is 1. The zero-order chi connectivity index (χ0) is 19.8. The van der Waals surface area contributed by atoms with E-state index in [1.165, 1.54) is 31.3 Å². The third-order valence-electron chi connectivity index (χ3n) is 4.66. The van der Waals surface area contributed by atoms with Crippen LogP contribution in [-0.2, 0) is 0 Å². The molecule has 1 amide bonds. The van der Waals surface area contributed by atoms with Crippen molar-refractivity contribution in [1.29, 1.82) is 0 Å². The first-order valence-corrected chi connectivity index (χ1v) is 10.1. The van der Waals surface area contributed by atoms with E-state index in [1.54, 1.807) is 12.3 Å². The topological polar surface area (TPSA) is 63.2 Å². The van der Waals surface area contributed by atoms with Crippen molar-refractivity contribution in [2.75, 3.05) is 17.2 Å². The van der Waals surface area contributed by atoms with Crippen LogP contribution in [-0.4, -0.2) is 23.5 Å². The number of nitrogens with one attached hydrogen (secondary N) is 2. The maximum Gasteiger partial charge on any atom is 0.257 e. The average Bonchev–Trinajstić information content (AvgIpc) is 2.70. The molecular formula is C23H29N3O2. The molecule has 1 aliphatic rings. The summed E-state index contributed by atoms with van der Waals surface area (Å²) in [5.74, 6) is 1.25. The number of aromatic nitrogens is 1. The van der Waals surface area contributed by atoms with E-state index in [0.717, 1.165) is 18.8 Å². The van der Waals surface area contributed by atoms with Gasteiger partial charge < -0.3 is 15.4 Å². The summed E-state index contributed by atoms with van der Waals surface area (Å²) < 4.78 is 5.75. The van der Waals surface area contributed by atoms with Crippen LogP contribution in [0.4, 0.5) is 11.5 Å². The molecule has 1 heterocycles. The van der Waals surface area contributed by atoms with Gasteiger partial charge in [-0.05, 0) is 70.2 Å². The Labute approximate surface area is 167 Å². The Balaban J connectivity index is 1.54. The first-order valence-electron chi connectivity index (χ1n) is 10.1. The Kier molecular flexibility index (Phi) is 7.06. The maximum atomic E-state index is 12.5. The molecule has 28 heavy (non-hydrogen) atoms. The van der Waals surface area contributed by atoms with E-state index in [9.17, 15) is 4.79 Å². The third kappa shape index (κ3) is 5.84. The van der Waals surface area contributed by atoms with Crippen molar-refractivity contribution < 1.29 is 9.53 Å². The van der Waals surface area contributed by atoms with E-state index in [-0.39, 0.29) is 12.0 Å². The lowest BCUT2D eigenvalue weighted by Gasteiger charge is -2.15. The van der Waals surface area contributed by atoms with Gasteiger partial charge in [0.05, 0.1) is 17.4 Å². The summed E-state index contributed by atoms with van der Waals surface area (Å²) in [6.07, 6.45) is 10.1. The van der Waals surface area contributed by atoms with Gasteiger partial charge in [0.2, 0.25) is 0 Å². The number of amides is 1. The molecule has 0 spiro atoms. The number of ether oxygens (including phenoxy) is 1. The second-order valence-electron chi connectivity index (χ2n) is 7.33. The molecule has 0 unspecified atom stereocenters. The molecular weight excluding hydrogens is 350 g/mol. The molecule has 1 aromatic carbocycles. The van der Waals surface area contributed by atoms with Gasteiger partial charge in [-0.1, -0.05) is 23.8 Å². The SMILES string of the molecule is CC(C)Oc1ccccc1NC(=O)c1ccc(NCCC2=CCCCC2)nc1. The fourth-order valence-electron chi connectivity index (χ4n) is 3.24. The van der Waals surface area contributed by atoms with Gasteiger partial charge in [0.25, 0.3) is 5.91 Å². The summed E-state index contributed by atoms with van der Waals surface area (Å²) in [4.78, 5) is 16.9. The fraction of sp³-hybridized carbons (Fsp3) is 0.391. The molecule has 0 atom stereocenters. The molecule has 5 nitrogen and oxygen atoms in total. The molecule has 5 heteroatoms. The van der Waals surface area contributed by atoms with Gasteiger partial charge >= 0.3 is 0 Å². The number of hydrogen-bond acceptors (Lipinski definition) is 4. The van der Waals surface area contributed by atoms with E-state index in [4.69, 9.17) is 4.74 Å². The summed E-state index contributed by atoms with van der Waals surface area (Å²) >= 11 is 0. The highest BCUT2D eigenvalue weighted by Gasteiger charge is 2.11. The number of benzene rings is 1. The van der Waals surface area contributed by atoms with E-state index in [0.29, 0.717) is 17.0 Å². The number of carbonyl (C=O) groups excluding carboxylic acids is 1. The molecule has 0 bridgehead atoms. The monoisotopic (exact) mass is 379 g/mol. The first kappa shape index (κ1) is 19.9. The van der Waals surface area contributed by atoms with Crippen LogP contribution in [0.2, 0.25) is 0 Å². The molecule has 3 rings (SSSR count). The van der Waals surface area contributed by atoms with Crippen molar-refractivity contribution in [3.05, 3.63) is 59.8 Å². The molecule has 0 radical (unpaired) electrons. The van der Waals surface area contributed by atoms with Crippen LogP contribution in [0.15, 0.2) is 54.2 Å². The van der Waals surface area contributed by atoms with Gasteiger partial charge in [-0.3, -0.25) is 4.79 Å². The summed E-state index contributed by atoms with van der Waals surface area (Å²) in [5, 5.41) is 6.24. The maximum absolute atomic E-state index is 12.5. The van der Waals surface area contributed by atoms with Crippen molar-refractivity contribution in [1.82, 2.24) is 4.98 Å². The minimum atomic E-state index is -0.203. The minimum absolute atomic E-state index is 0.0365. The standard InChI is InChI=1S/C23H29N3O2/c1-17(2)28-21-11-7-6-10-20(21)26-23(27)19-12-13-22(25-16-19)24-15-14-18-8-4-3-5-9-18/h6-8,10-13,16-17H,3-5,9,14-15H2,1-2H3,(H,24,25)(H,26,27). The van der Waals surface area contributed by atoms with Crippen molar-refractivity contribution in [3.63, 3.8) is 0 Å². The molecule has 0 saturated heterocycles. The molecule has 2 aromatic rings. The van der Waals surface area contributed by atoms with Crippen LogP contribution in [0, 0.1) is 0 Å². The van der Waals surface area contributed by atoms with Crippen molar-refractivity contribution >= 4 is 17.4 Å². The lowest BCUT2D eigenvalue weighted by molar-refractivity contribution is 0.102. The number of allylic oxidation sites excluding steroid dienone is 1. The predicted molar refractivity (Wildman–Crippen MR) is 114 cm³/mol. The normalized spacial score (nSPS) is 13.8. The van der Waals surface area contributed by atoms with E-state index in [1.807, 2.05) is 44.2 Å². The molecule has 0 aliphatic heterocycles. The van der Waals surface area contributed by atoms with E-state index >= 15 is 0 Å². The summed E-state index contributed by atoms with van der Waals surface area (Å²) in [6.45, 7) is 4.78. The lowest BCUT2D eigenvalue weighted by Crippen LogP contribution is -2.15. The largest absolute Gasteiger partial charge is 0.489 e. The van der Waals surface area contributed by atoms with Gasteiger partial charge in [-0.2, -0.15) is 0 Å². The zero-order valence-corrected chi connectivity index (χ0v) is 16.7. The van der Waals surface area contributed by atoms with Crippen LogP contribution in [0.25, 0.3) is 0 Å². The summed E-state index contributed by atoms with van der Waals surface area (Å²) in [6, 6.07) is 11.1. The Morgan fingerprint density at radius 2 is 2.04 bits per heavy atom. The second-order valence-corrected chi connectivity index (χ2v) is 7.33. The van der Waals surface area contributed by atoms with Crippen molar-refractivity contribution in [3.8, 4) is 5.75 Å². The van der Waals surface area contributed by atoms with Crippen molar-refractivity contribution in [2.24, 2.45) is 0 Å². The first-order chi connectivity index (χ1) is 13.6. The highest BCUT2D eigenvalue weighted by atomic mass is 16.5. The van der Waals surface area contributed by atoms with Crippen molar-refractivity contribution in [2.45, 2.75) is 52.1 Å². The summed E-state index contributed by atoms with van der Waals surface area (Å²) in [5.41, 5.74) is 2.71. The Hall–Kier alpha value is -2.82. The smallest absolute Gasteiger partial charge is 0.257 e. The van der Waals surface area contributed by atoms with Crippen LogP contribution >= 0.6 is 0 Å². The number of anilines is 2. The number of carbonyl (C=O) groups is 1. The molecule has 1 aromatic heterocycles. The molecule has 0 fully saturated rings. The highest BCUT2D eigenvalue weighted by molar-refractivity contribution is 6.04. The van der Waals surface area contributed by atoms with Crippen LogP contribution in [0.1, 0.15) is 56.3 Å². The van der Waals surface area contributed by atoms with E-state index in [2.05, 4.69) is 21.7 Å². The molecule has 148 valence electrons. The Morgan fingerprint density at radius 1 is 1.18 bits per heavy atom. The number of para-hydroxylation sites is 2. The Morgan fingerprint density at radius 3 is 2.75 bits per heavy atom. The van der Waals surface area contributed by atoms with Crippen LogP contribution < -0.4 is 15.4 Å². The number of hydrogen-bond donors (Lipinski definition) is 2. The molecule has 2 N–H and O–H groups in total. The van der Waals surface area contributed by atoms with Gasteiger partial charge in [-0.25, -0.2) is 4.98 Å². The third-order valence-corrected chi connectivity index (χ3v) is 4.66. The molecule has 1 aliphatic carbocycles. The quantitative estimate of drug-likeness (QED) is 0.601. The van der Waals surface area contributed by atoms with Crippen LogP contribution in [0.3, 0.4) is 0 Å². The fourth-order valence-corrected chi connectivity index (χ4v) is 3.24. The van der Waals surface area contributed by atoms with Gasteiger partial charge in [0.15, 0.2) is 0 Å². The van der Waals surface area contributed by atoms with Gasteiger partial charge in [0.1, 0.15) is 11.6 Å². The molecule has 0 saturated carbocycles. The highest BCUT2D eigenvalue weighted by Crippen LogP contribution is 2.25. The predicted octanol–water partition coefficient (Wildman–Crippen LogP) is 5.42. The average molecular weight is 380 g/mol. The van der Waals surface area contributed by atoms with Gasteiger partial charge in [0, 0.05) is 12.7 Å². The Bertz CT molecular complexity index is 813. The second kappa shape index (κ2) is 9.93. The van der Waals surface area contributed by atoms with Gasteiger partial charge in [-0.15, -0.1) is 0 Å².